The van der Waals surface area contributed by atoms with E-state index in [9.17, 15) is 13.6 Å². The maximum absolute atomic E-state index is 13.4. The van der Waals surface area contributed by atoms with Crippen LogP contribution >= 0.6 is 0 Å². The van der Waals surface area contributed by atoms with Crippen LogP contribution in [0.25, 0.3) is 0 Å². The van der Waals surface area contributed by atoms with Crippen molar-refractivity contribution in [2.45, 2.75) is 19.4 Å². The highest BCUT2D eigenvalue weighted by Crippen LogP contribution is 2.22. The van der Waals surface area contributed by atoms with Crippen LogP contribution in [-0.4, -0.2) is 30.3 Å². The van der Waals surface area contributed by atoms with Crippen LogP contribution in [0.3, 0.4) is 0 Å². The molecule has 88 valence electrons. The predicted octanol–water partition coefficient (Wildman–Crippen LogP) is 2.49. The summed E-state index contributed by atoms with van der Waals surface area (Å²) in [6, 6.07) is 3.41. The van der Waals surface area contributed by atoms with Crippen LogP contribution in [0.2, 0.25) is 0 Å². The Hall–Kier alpha value is -1.29. The van der Waals surface area contributed by atoms with Gasteiger partial charge in [-0.1, -0.05) is 6.07 Å². The Kier molecular flexibility index (Phi) is 3.43. The van der Waals surface area contributed by atoms with Gasteiger partial charge in [0.25, 0.3) is 0 Å². The molecule has 0 unspecified atom stereocenters. The van der Waals surface area contributed by atoms with Gasteiger partial charge in [0.15, 0.2) is 5.78 Å². The molecule has 0 spiro atoms. The number of rotatable bonds is 3. The number of likely N-dealkylation sites (N-methyl/N-ethyl adjacent to an activating group) is 1. The van der Waals surface area contributed by atoms with E-state index in [2.05, 4.69) is 0 Å². The number of carbonyl (C=O) groups excluding carboxylic acids is 1. The quantitative estimate of drug-likeness (QED) is 0.739. The van der Waals surface area contributed by atoms with E-state index in [1.807, 2.05) is 0 Å². The molecule has 0 amide bonds. The summed E-state index contributed by atoms with van der Waals surface area (Å²) >= 11 is 0. The molecule has 0 saturated heterocycles. The summed E-state index contributed by atoms with van der Waals surface area (Å²) < 4.78 is 26.8. The Morgan fingerprint density at radius 3 is 2.00 bits per heavy atom. The third-order valence-electron chi connectivity index (χ3n) is 2.86. The maximum atomic E-state index is 13.4. The van der Waals surface area contributed by atoms with Gasteiger partial charge in [0.1, 0.15) is 11.6 Å². The molecule has 1 aromatic carbocycles. The number of halogens is 2. The van der Waals surface area contributed by atoms with Gasteiger partial charge in [-0.3, -0.25) is 9.69 Å². The van der Waals surface area contributed by atoms with Crippen molar-refractivity contribution in [3.05, 3.63) is 35.4 Å². The third kappa shape index (κ3) is 2.11. The Balaban J connectivity index is 3.25. The number of hydrogen-bond donors (Lipinski definition) is 0. The van der Waals surface area contributed by atoms with E-state index in [1.54, 1.807) is 32.8 Å². The van der Waals surface area contributed by atoms with E-state index in [0.717, 1.165) is 12.1 Å². The molecule has 0 N–H and O–H groups in total. The molecule has 0 atom stereocenters. The summed E-state index contributed by atoms with van der Waals surface area (Å²) in [6.07, 6.45) is 0. The zero-order valence-electron chi connectivity index (χ0n) is 9.84. The zero-order valence-corrected chi connectivity index (χ0v) is 9.84. The summed E-state index contributed by atoms with van der Waals surface area (Å²) in [5.74, 6) is -2.20. The van der Waals surface area contributed by atoms with Crippen LogP contribution in [0.1, 0.15) is 24.2 Å². The lowest BCUT2D eigenvalue weighted by atomic mass is 9.91. The van der Waals surface area contributed by atoms with Gasteiger partial charge >= 0.3 is 0 Å². The third-order valence-corrected chi connectivity index (χ3v) is 2.86. The van der Waals surface area contributed by atoms with Crippen molar-refractivity contribution in [1.29, 1.82) is 0 Å². The topological polar surface area (TPSA) is 20.3 Å². The van der Waals surface area contributed by atoms with Crippen LogP contribution < -0.4 is 0 Å². The first-order valence-corrected chi connectivity index (χ1v) is 4.94. The van der Waals surface area contributed by atoms with Crippen molar-refractivity contribution >= 4 is 5.78 Å². The number of ketones is 1. The van der Waals surface area contributed by atoms with Gasteiger partial charge in [-0.25, -0.2) is 8.78 Å². The minimum atomic E-state index is -0.941. The highest BCUT2D eigenvalue weighted by molar-refractivity contribution is 6.03. The number of Topliss-reactive ketones (excluding diaryl/α,β-unsaturated/α-hetero) is 1. The van der Waals surface area contributed by atoms with Gasteiger partial charge in [-0.2, -0.15) is 0 Å². The molecule has 2 nitrogen and oxygen atoms in total. The molecular formula is C12H15F2NO. The summed E-state index contributed by atoms with van der Waals surface area (Å²) in [5, 5.41) is 0. The first-order valence-electron chi connectivity index (χ1n) is 4.94. The minimum Gasteiger partial charge on any atom is -0.297 e. The van der Waals surface area contributed by atoms with E-state index >= 15 is 0 Å². The smallest absolute Gasteiger partial charge is 0.188 e. The second kappa shape index (κ2) is 4.29. The first-order chi connectivity index (χ1) is 7.28. The highest BCUT2D eigenvalue weighted by Gasteiger charge is 2.34. The van der Waals surface area contributed by atoms with E-state index in [1.165, 1.54) is 6.07 Å². The van der Waals surface area contributed by atoms with Crippen molar-refractivity contribution in [1.82, 2.24) is 4.90 Å². The van der Waals surface area contributed by atoms with Crippen molar-refractivity contribution < 1.29 is 13.6 Å². The molecule has 0 aliphatic heterocycles. The molecule has 0 aromatic heterocycles. The maximum Gasteiger partial charge on any atom is 0.188 e. The van der Waals surface area contributed by atoms with Crippen LogP contribution in [0, 0.1) is 11.6 Å². The van der Waals surface area contributed by atoms with Gasteiger partial charge in [-0.05, 0) is 40.1 Å². The fraction of sp³-hybridized carbons (Fsp3) is 0.417. The lowest BCUT2D eigenvalue weighted by Gasteiger charge is -2.31. The predicted molar refractivity (Wildman–Crippen MR) is 58.5 cm³/mol. The highest BCUT2D eigenvalue weighted by atomic mass is 19.1. The standard InChI is InChI=1S/C12H15F2NO/c1-12(2,15(3)4)11(16)10-8(13)6-5-7-9(10)14/h5-7H,1-4H3. The lowest BCUT2D eigenvalue weighted by Crippen LogP contribution is -2.46. The summed E-state index contributed by atoms with van der Waals surface area (Å²) in [6.45, 7) is 3.25. The molecule has 4 heteroatoms. The monoisotopic (exact) mass is 227 g/mol. The molecule has 1 rings (SSSR count). The van der Waals surface area contributed by atoms with E-state index in [0.29, 0.717) is 0 Å². The molecule has 0 fully saturated rings. The molecule has 0 heterocycles. The van der Waals surface area contributed by atoms with Gasteiger partial charge in [0.2, 0.25) is 0 Å². The van der Waals surface area contributed by atoms with Crippen LogP contribution in [-0.2, 0) is 0 Å². The van der Waals surface area contributed by atoms with Gasteiger partial charge < -0.3 is 0 Å². The van der Waals surface area contributed by atoms with E-state index < -0.39 is 28.5 Å². The molecule has 0 aliphatic carbocycles. The van der Waals surface area contributed by atoms with E-state index in [4.69, 9.17) is 0 Å². The molecular weight excluding hydrogens is 212 g/mol. The molecule has 1 aromatic rings. The normalized spacial score (nSPS) is 11.9. The Morgan fingerprint density at radius 1 is 1.19 bits per heavy atom. The molecule has 0 aliphatic rings. The second-order valence-electron chi connectivity index (χ2n) is 4.38. The number of benzene rings is 1. The van der Waals surface area contributed by atoms with E-state index in [-0.39, 0.29) is 0 Å². The van der Waals surface area contributed by atoms with Gasteiger partial charge in [-0.15, -0.1) is 0 Å². The summed E-state index contributed by atoms with van der Waals surface area (Å²) in [4.78, 5) is 13.7. The van der Waals surface area contributed by atoms with Crippen molar-refractivity contribution in [2.75, 3.05) is 14.1 Å². The number of carbonyl (C=O) groups is 1. The fourth-order valence-electron chi connectivity index (χ4n) is 1.22. The number of nitrogens with zero attached hydrogens (tertiary/aromatic N) is 1. The van der Waals surface area contributed by atoms with Crippen LogP contribution in [0.5, 0.6) is 0 Å². The minimum absolute atomic E-state index is 0.471. The lowest BCUT2D eigenvalue weighted by molar-refractivity contribution is 0.0746. The van der Waals surface area contributed by atoms with Crippen molar-refractivity contribution in [3.8, 4) is 0 Å². The molecule has 0 bridgehead atoms. The fourth-order valence-corrected chi connectivity index (χ4v) is 1.22. The zero-order chi connectivity index (χ0) is 12.5. The van der Waals surface area contributed by atoms with Crippen LogP contribution in [0.4, 0.5) is 8.78 Å². The summed E-state index contributed by atoms with van der Waals surface area (Å²) in [7, 11) is 3.38. The molecule has 0 saturated carbocycles. The Morgan fingerprint density at radius 2 is 1.62 bits per heavy atom. The molecule has 0 radical (unpaired) electrons. The average Bonchev–Trinajstić information content (AvgIpc) is 2.16. The van der Waals surface area contributed by atoms with Crippen LogP contribution in [0.15, 0.2) is 18.2 Å². The molecule has 16 heavy (non-hydrogen) atoms. The Labute approximate surface area is 93.9 Å². The largest absolute Gasteiger partial charge is 0.297 e. The Bertz CT molecular complexity index is 393. The summed E-state index contributed by atoms with van der Waals surface area (Å²) in [5.41, 5.74) is -1.41. The van der Waals surface area contributed by atoms with Gasteiger partial charge in [0.05, 0.1) is 11.1 Å². The van der Waals surface area contributed by atoms with Crippen molar-refractivity contribution in [2.24, 2.45) is 0 Å². The van der Waals surface area contributed by atoms with Gasteiger partial charge in [0, 0.05) is 0 Å². The second-order valence-corrected chi connectivity index (χ2v) is 4.38. The SMILES string of the molecule is CN(C)C(C)(C)C(=O)c1c(F)cccc1F. The van der Waals surface area contributed by atoms with Crippen molar-refractivity contribution in [3.63, 3.8) is 0 Å². The first kappa shape index (κ1) is 12.8. The average molecular weight is 227 g/mol. The number of hydrogen-bond acceptors (Lipinski definition) is 2.